The third-order valence-corrected chi connectivity index (χ3v) is 6.57. The Morgan fingerprint density at radius 2 is 1.79 bits per heavy atom. The number of benzene rings is 2. The fourth-order valence-corrected chi connectivity index (χ4v) is 4.92. The molecule has 1 aliphatic carbocycles. The molecule has 3 aromatic rings. The fraction of sp³-hybridized carbons (Fsp3) is 0.333. The number of likely N-dealkylation sites (tertiary alicyclic amines) is 1. The predicted molar refractivity (Wildman–Crippen MR) is 114 cm³/mol. The highest BCUT2D eigenvalue weighted by Crippen LogP contribution is 2.38. The minimum absolute atomic E-state index is 0.0621. The summed E-state index contributed by atoms with van der Waals surface area (Å²) in [6, 6.07) is 18.3. The van der Waals surface area contributed by atoms with Gasteiger partial charge in [-0.1, -0.05) is 42.5 Å². The van der Waals surface area contributed by atoms with Gasteiger partial charge in [0.2, 0.25) is 0 Å². The van der Waals surface area contributed by atoms with Crippen LogP contribution < -0.4 is 5.73 Å². The van der Waals surface area contributed by atoms with Crippen LogP contribution in [0.15, 0.2) is 60.8 Å². The van der Waals surface area contributed by atoms with Crippen molar-refractivity contribution in [3.8, 4) is 16.9 Å². The van der Waals surface area contributed by atoms with Crippen LogP contribution in [-0.2, 0) is 0 Å². The number of fused-ring (bicyclic) bond motifs is 1. The smallest absolute Gasteiger partial charge is 0.257 e. The molecule has 1 saturated carbocycles. The van der Waals surface area contributed by atoms with E-state index in [2.05, 4.69) is 13.0 Å². The number of rotatable bonds is 3. The minimum atomic E-state index is 0.0621. The van der Waals surface area contributed by atoms with Crippen LogP contribution in [0.25, 0.3) is 16.9 Å². The van der Waals surface area contributed by atoms with E-state index in [1.807, 2.05) is 64.3 Å². The van der Waals surface area contributed by atoms with Gasteiger partial charge in [-0.15, -0.1) is 0 Å². The molecular weight excluding hydrogens is 360 g/mol. The van der Waals surface area contributed by atoms with Gasteiger partial charge in [-0.2, -0.15) is 5.10 Å². The molecule has 0 bridgehead atoms. The molecule has 5 nitrogen and oxygen atoms in total. The third kappa shape index (κ3) is 3.15. The lowest BCUT2D eigenvalue weighted by molar-refractivity contribution is 0.0780. The highest BCUT2D eigenvalue weighted by molar-refractivity contribution is 6.00. The molecule has 0 radical (unpaired) electrons. The second kappa shape index (κ2) is 7.16. The summed E-state index contributed by atoms with van der Waals surface area (Å²) in [5.74, 6) is 1.04. The van der Waals surface area contributed by atoms with Crippen LogP contribution >= 0.6 is 0 Å². The van der Waals surface area contributed by atoms with Gasteiger partial charge in [0.05, 0.1) is 11.3 Å². The van der Waals surface area contributed by atoms with Crippen molar-refractivity contribution < 1.29 is 4.79 Å². The van der Waals surface area contributed by atoms with Gasteiger partial charge in [0, 0.05) is 30.9 Å². The lowest BCUT2D eigenvalue weighted by Crippen LogP contribution is -2.33. The molecule has 2 fully saturated rings. The molecule has 5 heteroatoms. The number of aryl methyl sites for hydroxylation is 1. The largest absolute Gasteiger partial charge is 0.338 e. The zero-order valence-electron chi connectivity index (χ0n) is 16.7. The van der Waals surface area contributed by atoms with Crippen LogP contribution in [0.4, 0.5) is 0 Å². The van der Waals surface area contributed by atoms with E-state index in [1.54, 1.807) is 0 Å². The molecule has 1 aliphatic heterocycles. The van der Waals surface area contributed by atoms with Gasteiger partial charge in [0.1, 0.15) is 5.69 Å². The molecule has 1 aromatic heterocycles. The first-order valence-electron chi connectivity index (χ1n) is 10.4. The first-order chi connectivity index (χ1) is 14.1. The van der Waals surface area contributed by atoms with Crippen molar-refractivity contribution in [1.29, 1.82) is 0 Å². The van der Waals surface area contributed by atoms with Crippen molar-refractivity contribution in [3.05, 3.63) is 71.9 Å². The Hall–Kier alpha value is -2.92. The standard InChI is InChI=1S/C24H26N4O/c1-16-7-5-6-10-19(16)23-21(15-28(26-23)18-8-3-2-4-9-18)24(29)27-13-17-11-12-22(25)20(17)14-27/h2-10,15,17,20,22H,11-14,25H2,1H3. The van der Waals surface area contributed by atoms with Crippen LogP contribution in [0.2, 0.25) is 0 Å². The fourth-order valence-electron chi connectivity index (χ4n) is 4.92. The molecule has 2 N–H and O–H groups in total. The maximum absolute atomic E-state index is 13.6. The second-order valence-electron chi connectivity index (χ2n) is 8.36. The molecule has 1 saturated heterocycles. The number of carbonyl (C=O) groups is 1. The van der Waals surface area contributed by atoms with E-state index in [0.29, 0.717) is 17.4 Å². The van der Waals surface area contributed by atoms with Crippen molar-refractivity contribution in [2.45, 2.75) is 25.8 Å². The highest BCUT2D eigenvalue weighted by atomic mass is 16.2. The molecule has 3 atom stereocenters. The maximum atomic E-state index is 13.6. The predicted octanol–water partition coefficient (Wildman–Crippen LogP) is 3.66. The Morgan fingerprint density at radius 1 is 1.03 bits per heavy atom. The van der Waals surface area contributed by atoms with Gasteiger partial charge in [0.15, 0.2) is 0 Å². The topological polar surface area (TPSA) is 64.2 Å². The molecule has 1 amide bonds. The van der Waals surface area contributed by atoms with Gasteiger partial charge in [-0.05, 0) is 49.3 Å². The number of hydrogen-bond acceptors (Lipinski definition) is 3. The molecule has 2 heterocycles. The highest BCUT2D eigenvalue weighted by Gasteiger charge is 2.43. The van der Waals surface area contributed by atoms with Crippen LogP contribution in [0.1, 0.15) is 28.8 Å². The van der Waals surface area contributed by atoms with E-state index < -0.39 is 0 Å². The Balaban J connectivity index is 1.55. The van der Waals surface area contributed by atoms with Gasteiger partial charge >= 0.3 is 0 Å². The molecule has 2 aromatic carbocycles. The summed E-state index contributed by atoms with van der Waals surface area (Å²) in [7, 11) is 0. The summed E-state index contributed by atoms with van der Waals surface area (Å²) in [6.45, 7) is 3.62. The van der Waals surface area contributed by atoms with Crippen molar-refractivity contribution in [2.24, 2.45) is 17.6 Å². The molecule has 2 aliphatic rings. The number of hydrogen-bond donors (Lipinski definition) is 1. The van der Waals surface area contributed by atoms with Crippen molar-refractivity contribution >= 4 is 5.91 Å². The Labute approximate surface area is 171 Å². The number of amides is 1. The van der Waals surface area contributed by atoms with Crippen LogP contribution in [0, 0.1) is 18.8 Å². The van der Waals surface area contributed by atoms with E-state index in [0.717, 1.165) is 48.4 Å². The van der Waals surface area contributed by atoms with Crippen LogP contribution in [0.3, 0.4) is 0 Å². The number of nitrogens with two attached hydrogens (primary N) is 1. The van der Waals surface area contributed by atoms with Gasteiger partial charge in [0.25, 0.3) is 5.91 Å². The van der Waals surface area contributed by atoms with Crippen molar-refractivity contribution in [1.82, 2.24) is 14.7 Å². The van der Waals surface area contributed by atoms with Gasteiger partial charge < -0.3 is 10.6 Å². The average molecular weight is 386 g/mol. The average Bonchev–Trinajstić information content (AvgIpc) is 3.45. The second-order valence-corrected chi connectivity index (χ2v) is 8.36. The molecule has 29 heavy (non-hydrogen) atoms. The van der Waals surface area contributed by atoms with E-state index in [4.69, 9.17) is 10.8 Å². The van der Waals surface area contributed by atoms with Crippen LogP contribution in [-0.4, -0.2) is 39.7 Å². The Kier molecular flexibility index (Phi) is 4.47. The number of aromatic nitrogens is 2. The maximum Gasteiger partial charge on any atom is 0.257 e. The van der Waals surface area contributed by atoms with E-state index in [9.17, 15) is 4.79 Å². The summed E-state index contributed by atoms with van der Waals surface area (Å²) in [5, 5.41) is 4.84. The molecule has 148 valence electrons. The minimum Gasteiger partial charge on any atom is -0.338 e. The summed E-state index contributed by atoms with van der Waals surface area (Å²) in [6.07, 6.45) is 4.09. The summed E-state index contributed by atoms with van der Waals surface area (Å²) < 4.78 is 1.82. The van der Waals surface area contributed by atoms with Crippen molar-refractivity contribution in [3.63, 3.8) is 0 Å². The lowest BCUT2D eigenvalue weighted by Gasteiger charge is -2.19. The summed E-state index contributed by atoms with van der Waals surface area (Å²) >= 11 is 0. The van der Waals surface area contributed by atoms with Crippen molar-refractivity contribution in [2.75, 3.05) is 13.1 Å². The summed E-state index contributed by atoms with van der Waals surface area (Å²) in [4.78, 5) is 15.6. The zero-order chi connectivity index (χ0) is 20.0. The quantitative estimate of drug-likeness (QED) is 0.747. The Bertz CT molecular complexity index is 1040. The number of nitrogens with zero attached hydrogens (tertiary/aromatic N) is 3. The first kappa shape index (κ1) is 18.1. The molecule has 0 spiro atoms. The lowest BCUT2D eigenvalue weighted by atomic mass is 9.98. The summed E-state index contributed by atoms with van der Waals surface area (Å²) in [5.41, 5.74) is 10.8. The molecule has 5 rings (SSSR count). The monoisotopic (exact) mass is 386 g/mol. The third-order valence-electron chi connectivity index (χ3n) is 6.57. The van der Waals surface area contributed by atoms with Crippen LogP contribution in [0.5, 0.6) is 0 Å². The van der Waals surface area contributed by atoms with E-state index >= 15 is 0 Å². The normalized spacial score (nSPS) is 23.4. The SMILES string of the molecule is Cc1ccccc1-c1nn(-c2ccccc2)cc1C(=O)N1CC2CCC(N)C2C1. The van der Waals surface area contributed by atoms with E-state index in [-0.39, 0.29) is 11.9 Å². The first-order valence-corrected chi connectivity index (χ1v) is 10.4. The van der Waals surface area contributed by atoms with Gasteiger partial charge in [-0.25, -0.2) is 4.68 Å². The van der Waals surface area contributed by atoms with E-state index in [1.165, 1.54) is 0 Å². The zero-order valence-corrected chi connectivity index (χ0v) is 16.7. The number of carbonyl (C=O) groups excluding carboxylic acids is 1. The molecule has 3 unspecified atom stereocenters. The Morgan fingerprint density at radius 3 is 2.55 bits per heavy atom. The molecular formula is C24H26N4O. The number of para-hydroxylation sites is 1. The van der Waals surface area contributed by atoms with Gasteiger partial charge in [-0.3, -0.25) is 4.79 Å².